The molecule has 1 N–H and O–H groups in total. The smallest absolute Gasteiger partial charge is 0.252 e. The van der Waals surface area contributed by atoms with Crippen LogP contribution in [0, 0.1) is 0 Å². The van der Waals surface area contributed by atoms with Crippen molar-refractivity contribution in [3.05, 3.63) is 82.4 Å². The van der Waals surface area contributed by atoms with Crippen molar-refractivity contribution in [2.45, 2.75) is 6.54 Å². The van der Waals surface area contributed by atoms with Crippen molar-refractivity contribution in [3.8, 4) is 0 Å². The Hall–Kier alpha value is -2.59. The molecule has 0 saturated heterocycles. The van der Waals surface area contributed by atoms with Gasteiger partial charge in [0.05, 0.1) is 12.8 Å². The van der Waals surface area contributed by atoms with E-state index >= 15 is 0 Å². The van der Waals surface area contributed by atoms with Crippen LogP contribution in [-0.4, -0.2) is 5.91 Å². The topological polar surface area (TPSA) is 42.2 Å². The van der Waals surface area contributed by atoms with Gasteiger partial charge in [0, 0.05) is 10.5 Å². The van der Waals surface area contributed by atoms with Gasteiger partial charge in [0.1, 0.15) is 5.76 Å². The zero-order chi connectivity index (χ0) is 15.2. The number of carbonyl (C=O) groups excluding carboxylic acids is 1. The SMILES string of the molecule is O=C(NCc1ccco1)/C(=C/c1cccs1)c1ccccc1. The second kappa shape index (κ2) is 6.91. The molecule has 3 nitrogen and oxygen atoms in total. The van der Waals surface area contributed by atoms with Crippen molar-refractivity contribution >= 4 is 28.9 Å². The Morgan fingerprint density at radius 2 is 1.95 bits per heavy atom. The molecule has 0 bridgehead atoms. The van der Waals surface area contributed by atoms with Gasteiger partial charge in [0.2, 0.25) is 0 Å². The maximum atomic E-state index is 12.5. The number of amides is 1. The number of hydrogen-bond donors (Lipinski definition) is 1. The van der Waals surface area contributed by atoms with E-state index < -0.39 is 0 Å². The molecular weight excluding hydrogens is 294 g/mol. The minimum Gasteiger partial charge on any atom is -0.467 e. The van der Waals surface area contributed by atoms with Gasteiger partial charge in [-0.3, -0.25) is 4.79 Å². The van der Waals surface area contributed by atoms with Crippen LogP contribution >= 0.6 is 11.3 Å². The highest BCUT2D eigenvalue weighted by molar-refractivity contribution is 7.11. The zero-order valence-electron chi connectivity index (χ0n) is 11.9. The highest BCUT2D eigenvalue weighted by atomic mass is 32.1. The van der Waals surface area contributed by atoms with E-state index in [1.54, 1.807) is 23.7 Å². The number of carbonyl (C=O) groups is 1. The molecule has 22 heavy (non-hydrogen) atoms. The normalized spacial score (nSPS) is 11.4. The first-order valence-corrected chi connectivity index (χ1v) is 7.82. The molecule has 3 aromatic rings. The summed E-state index contributed by atoms with van der Waals surface area (Å²) in [7, 11) is 0. The highest BCUT2D eigenvalue weighted by Crippen LogP contribution is 2.21. The number of thiophene rings is 1. The Morgan fingerprint density at radius 1 is 1.09 bits per heavy atom. The fourth-order valence-corrected chi connectivity index (χ4v) is 2.75. The van der Waals surface area contributed by atoms with Crippen LogP contribution in [0.1, 0.15) is 16.2 Å². The third-order valence-corrected chi connectivity index (χ3v) is 3.98. The summed E-state index contributed by atoms with van der Waals surface area (Å²) in [5.41, 5.74) is 1.54. The number of rotatable bonds is 5. The summed E-state index contributed by atoms with van der Waals surface area (Å²) in [5, 5.41) is 4.89. The van der Waals surface area contributed by atoms with E-state index in [2.05, 4.69) is 5.32 Å². The van der Waals surface area contributed by atoms with E-state index in [1.165, 1.54) is 0 Å². The molecule has 0 radical (unpaired) electrons. The van der Waals surface area contributed by atoms with E-state index in [9.17, 15) is 4.79 Å². The predicted molar refractivity (Wildman–Crippen MR) is 89.2 cm³/mol. The monoisotopic (exact) mass is 309 g/mol. The molecular formula is C18H15NO2S. The van der Waals surface area contributed by atoms with E-state index in [1.807, 2.05) is 60.0 Å². The molecule has 4 heteroatoms. The summed E-state index contributed by atoms with van der Waals surface area (Å²) in [4.78, 5) is 13.6. The second-order valence-electron chi connectivity index (χ2n) is 4.70. The molecule has 0 aliphatic carbocycles. The highest BCUT2D eigenvalue weighted by Gasteiger charge is 2.12. The van der Waals surface area contributed by atoms with Gasteiger partial charge < -0.3 is 9.73 Å². The molecule has 0 unspecified atom stereocenters. The molecule has 0 aliphatic rings. The number of benzene rings is 1. The minimum atomic E-state index is -0.115. The van der Waals surface area contributed by atoms with Gasteiger partial charge in [0.15, 0.2) is 0 Å². The van der Waals surface area contributed by atoms with Crippen molar-refractivity contribution < 1.29 is 9.21 Å². The van der Waals surface area contributed by atoms with Crippen LogP contribution in [0.5, 0.6) is 0 Å². The van der Waals surface area contributed by atoms with Gasteiger partial charge in [-0.1, -0.05) is 36.4 Å². The van der Waals surface area contributed by atoms with Gasteiger partial charge >= 0.3 is 0 Å². The average Bonchev–Trinajstić information content (AvgIpc) is 3.24. The third-order valence-electron chi connectivity index (χ3n) is 3.16. The zero-order valence-corrected chi connectivity index (χ0v) is 12.7. The summed E-state index contributed by atoms with van der Waals surface area (Å²) in [5.74, 6) is 0.618. The Balaban J connectivity index is 1.83. The van der Waals surface area contributed by atoms with Crippen molar-refractivity contribution in [2.24, 2.45) is 0 Å². The van der Waals surface area contributed by atoms with Gasteiger partial charge in [0.25, 0.3) is 5.91 Å². The van der Waals surface area contributed by atoms with Gasteiger partial charge in [-0.15, -0.1) is 11.3 Å². The first-order valence-electron chi connectivity index (χ1n) is 6.94. The van der Waals surface area contributed by atoms with Crippen LogP contribution in [0.25, 0.3) is 11.6 Å². The Labute approximate surface area is 132 Å². The maximum absolute atomic E-state index is 12.5. The largest absolute Gasteiger partial charge is 0.467 e. The van der Waals surface area contributed by atoms with Crippen LogP contribution < -0.4 is 5.32 Å². The molecule has 2 aromatic heterocycles. The molecule has 2 heterocycles. The van der Waals surface area contributed by atoms with Crippen LogP contribution in [0.4, 0.5) is 0 Å². The Kier molecular flexibility index (Phi) is 4.51. The Bertz CT molecular complexity index is 744. The number of furan rings is 1. The lowest BCUT2D eigenvalue weighted by molar-refractivity contribution is -0.115. The predicted octanol–water partition coefficient (Wildman–Crippen LogP) is 4.20. The molecule has 1 amide bonds. The fourth-order valence-electron chi connectivity index (χ4n) is 2.09. The minimum absolute atomic E-state index is 0.115. The molecule has 1 aromatic carbocycles. The maximum Gasteiger partial charge on any atom is 0.252 e. The standard InChI is InChI=1S/C18H15NO2S/c20-18(19-13-15-8-4-10-21-15)17(12-16-9-5-11-22-16)14-6-2-1-3-7-14/h1-12H,13H2,(H,19,20)/b17-12+. The molecule has 0 saturated carbocycles. The number of hydrogen-bond acceptors (Lipinski definition) is 3. The van der Waals surface area contributed by atoms with E-state index in [4.69, 9.17) is 4.42 Å². The van der Waals surface area contributed by atoms with E-state index in [0.29, 0.717) is 12.1 Å². The molecule has 3 rings (SSSR count). The van der Waals surface area contributed by atoms with Gasteiger partial charge in [-0.25, -0.2) is 0 Å². The third kappa shape index (κ3) is 3.54. The van der Waals surface area contributed by atoms with Crippen molar-refractivity contribution in [2.75, 3.05) is 0 Å². The van der Waals surface area contributed by atoms with Crippen molar-refractivity contribution in [3.63, 3.8) is 0 Å². The fraction of sp³-hybridized carbons (Fsp3) is 0.0556. The molecule has 0 fully saturated rings. The summed E-state index contributed by atoms with van der Waals surface area (Å²) in [6.07, 6.45) is 3.51. The molecule has 110 valence electrons. The lowest BCUT2D eigenvalue weighted by Gasteiger charge is -2.08. The molecule has 0 aliphatic heterocycles. The summed E-state index contributed by atoms with van der Waals surface area (Å²) in [6.45, 7) is 0.375. The van der Waals surface area contributed by atoms with Crippen molar-refractivity contribution in [1.82, 2.24) is 5.32 Å². The van der Waals surface area contributed by atoms with Crippen LogP contribution in [0.15, 0.2) is 70.7 Å². The molecule has 0 atom stereocenters. The van der Waals surface area contributed by atoms with Crippen LogP contribution in [0.2, 0.25) is 0 Å². The average molecular weight is 309 g/mol. The van der Waals surface area contributed by atoms with Gasteiger partial charge in [-0.05, 0) is 35.2 Å². The summed E-state index contributed by atoms with van der Waals surface area (Å²) >= 11 is 1.60. The second-order valence-corrected chi connectivity index (χ2v) is 5.68. The quantitative estimate of drug-likeness (QED) is 0.718. The van der Waals surface area contributed by atoms with E-state index in [0.717, 1.165) is 16.2 Å². The van der Waals surface area contributed by atoms with Crippen LogP contribution in [-0.2, 0) is 11.3 Å². The lowest BCUT2D eigenvalue weighted by Crippen LogP contribution is -2.23. The first kappa shape index (κ1) is 14.4. The summed E-state index contributed by atoms with van der Waals surface area (Å²) in [6, 6.07) is 17.3. The first-order chi connectivity index (χ1) is 10.8. The van der Waals surface area contributed by atoms with E-state index in [-0.39, 0.29) is 5.91 Å². The van der Waals surface area contributed by atoms with Crippen molar-refractivity contribution in [1.29, 1.82) is 0 Å². The molecule has 0 spiro atoms. The van der Waals surface area contributed by atoms with Crippen LogP contribution in [0.3, 0.4) is 0 Å². The summed E-state index contributed by atoms with van der Waals surface area (Å²) < 4.78 is 5.24. The number of nitrogens with one attached hydrogen (secondary N) is 1. The van der Waals surface area contributed by atoms with Gasteiger partial charge in [-0.2, -0.15) is 0 Å². The Morgan fingerprint density at radius 3 is 2.64 bits per heavy atom. The lowest BCUT2D eigenvalue weighted by atomic mass is 10.0.